The molecule has 1 heterocycles. The maximum absolute atomic E-state index is 12.7. The van der Waals surface area contributed by atoms with Crippen molar-refractivity contribution in [2.75, 3.05) is 17.8 Å². The lowest BCUT2D eigenvalue weighted by atomic mass is 9.91. The third-order valence-electron chi connectivity index (χ3n) is 4.79. The molecule has 0 aromatic heterocycles. The topological polar surface area (TPSA) is 66.5 Å². The molecular weight excluding hydrogens is 372 g/mol. The van der Waals surface area contributed by atoms with E-state index in [0.717, 1.165) is 30.5 Å². The molecule has 0 saturated carbocycles. The Morgan fingerprint density at radius 3 is 2.21 bits per heavy atom. The number of carbonyl (C=O) groups excluding carboxylic acids is 1. The number of hydrogen-bond acceptors (Lipinski definition) is 3. The maximum atomic E-state index is 12.7. The molecule has 2 atom stereocenters. The van der Waals surface area contributed by atoms with Crippen molar-refractivity contribution in [1.29, 1.82) is 0 Å². The van der Waals surface area contributed by atoms with Gasteiger partial charge in [-0.05, 0) is 54.2 Å². The van der Waals surface area contributed by atoms with Crippen LogP contribution in [0.25, 0.3) is 6.08 Å². The van der Waals surface area contributed by atoms with Crippen LogP contribution in [0.4, 0.5) is 5.69 Å². The van der Waals surface area contributed by atoms with E-state index in [1.807, 2.05) is 35.2 Å². The highest BCUT2D eigenvalue weighted by Gasteiger charge is 2.26. The van der Waals surface area contributed by atoms with Gasteiger partial charge in [-0.1, -0.05) is 44.2 Å². The minimum Gasteiger partial charge on any atom is -0.338 e. The van der Waals surface area contributed by atoms with E-state index >= 15 is 0 Å². The fraction of sp³-hybridized carbons (Fsp3) is 0.318. The average molecular weight is 399 g/mol. The third-order valence-corrected chi connectivity index (χ3v) is 5.80. The van der Waals surface area contributed by atoms with Crippen LogP contribution < -0.4 is 4.72 Å². The third kappa shape index (κ3) is 5.45. The monoisotopic (exact) mass is 398 g/mol. The van der Waals surface area contributed by atoms with Crippen molar-refractivity contribution in [2.24, 2.45) is 11.8 Å². The quantitative estimate of drug-likeness (QED) is 0.820. The van der Waals surface area contributed by atoms with E-state index in [1.165, 1.54) is 0 Å². The normalized spacial score (nSPS) is 20.3. The highest BCUT2D eigenvalue weighted by atomic mass is 32.2. The summed E-state index contributed by atoms with van der Waals surface area (Å²) in [7, 11) is -3.63. The summed E-state index contributed by atoms with van der Waals surface area (Å²) < 4.78 is 27.0. The largest absolute Gasteiger partial charge is 0.338 e. The predicted molar refractivity (Wildman–Crippen MR) is 113 cm³/mol. The summed E-state index contributed by atoms with van der Waals surface area (Å²) in [5.41, 5.74) is 1.80. The Morgan fingerprint density at radius 1 is 1.00 bits per heavy atom. The summed E-state index contributed by atoms with van der Waals surface area (Å²) in [6.07, 6.45) is 2.68. The first-order valence-corrected chi connectivity index (χ1v) is 11.0. The van der Waals surface area contributed by atoms with Crippen LogP contribution in [0.15, 0.2) is 60.0 Å². The molecule has 0 spiro atoms. The van der Waals surface area contributed by atoms with Gasteiger partial charge in [0.2, 0.25) is 0 Å². The lowest BCUT2D eigenvalue weighted by Gasteiger charge is -2.35. The number of benzene rings is 2. The van der Waals surface area contributed by atoms with E-state index in [4.69, 9.17) is 0 Å². The molecule has 148 valence electrons. The zero-order valence-electron chi connectivity index (χ0n) is 16.2. The zero-order chi connectivity index (χ0) is 20.1. The Kier molecular flexibility index (Phi) is 6.19. The fourth-order valence-corrected chi connectivity index (χ4v) is 4.49. The van der Waals surface area contributed by atoms with Gasteiger partial charge in [0, 0.05) is 24.3 Å². The molecule has 2 aromatic carbocycles. The second kappa shape index (κ2) is 8.61. The van der Waals surface area contributed by atoms with E-state index in [1.54, 1.807) is 30.3 Å². The van der Waals surface area contributed by atoms with Crippen molar-refractivity contribution < 1.29 is 13.2 Å². The molecule has 5 nitrogen and oxygen atoms in total. The SMILES string of the molecule is CC1CC(C)CN(C(=O)c2ccc(NS(=O)(=O)/C=C/c3ccccc3)cc2)C1. The number of rotatable bonds is 5. The molecule has 0 aliphatic carbocycles. The number of likely N-dealkylation sites (tertiary alicyclic amines) is 1. The van der Waals surface area contributed by atoms with Crippen molar-refractivity contribution in [3.05, 3.63) is 71.1 Å². The second-order valence-corrected chi connectivity index (χ2v) is 9.16. The summed E-state index contributed by atoms with van der Waals surface area (Å²) >= 11 is 0. The number of nitrogens with one attached hydrogen (secondary N) is 1. The van der Waals surface area contributed by atoms with Crippen LogP contribution in [0.5, 0.6) is 0 Å². The lowest BCUT2D eigenvalue weighted by molar-refractivity contribution is 0.0623. The molecule has 1 aliphatic heterocycles. The molecule has 1 aliphatic rings. The summed E-state index contributed by atoms with van der Waals surface area (Å²) in [5, 5.41) is 1.14. The van der Waals surface area contributed by atoms with E-state index in [-0.39, 0.29) is 5.91 Å². The Bertz CT molecular complexity index is 928. The van der Waals surface area contributed by atoms with Gasteiger partial charge in [0.15, 0.2) is 0 Å². The maximum Gasteiger partial charge on any atom is 0.255 e. The first-order chi connectivity index (χ1) is 13.3. The number of sulfonamides is 1. The van der Waals surface area contributed by atoms with E-state index in [9.17, 15) is 13.2 Å². The number of nitrogens with zero attached hydrogens (tertiary/aromatic N) is 1. The number of carbonyl (C=O) groups is 1. The van der Waals surface area contributed by atoms with Gasteiger partial charge in [0.1, 0.15) is 0 Å². The van der Waals surface area contributed by atoms with Gasteiger partial charge in [0.05, 0.1) is 5.41 Å². The van der Waals surface area contributed by atoms with Crippen molar-refractivity contribution in [1.82, 2.24) is 4.90 Å². The second-order valence-electron chi connectivity index (χ2n) is 7.59. The summed E-state index contributed by atoms with van der Waals surface area (Å²) in [4.78, 5) is 14.6. The van der Waals surface area contributed by atoms with Gasteiger partial charge in [0.25, 0.3) is 15.9 Å². The van der Waals surface area contributed by atoms with Crippen molar-refractivity contribution in [3.8, 4) is 0 Å². The van der Waals surface area contributed by atoms with Gasteiger partial charge < -0.3 is 4.90 Å². The minimum absolute atomic E-state index is 0.00298. The van der Waals surface area contributed by atoms with Gasteiger partial charge >= 0.3 is 0 Å². The molecular formula is C22H26N2O3S. The molecule has 1 saturated heterocycles. The van der Waals surface area contributed by atoms with Crippen molar-refractivity contribution in [2.45, 2.75) is 20.3 Å². The van der Waals surface area contributed by atoms with Crippen LogP contribution in [-0.2, 0) is 10.0 Å². The molecule has 6 heteroatoms. The molecule has 2 unspecified atom stereocenters. The zero-order valence-corrected chi connectivity index (χ0v) is 17.0. The Balaban J connectivity index is 1.65. The highest BCUT2D eigenvalue weighted by Crippen LogP contribution is 2.23. The minimum atomic E-state index is -3.63. The molecule has 1 N–H and O–H groups in total. The summed E-state index contributed by atoms with van der Waals surface area (Å²) in [6, 6.07) is 15.8. The van der Waals surface area contributed by atoms with E-state index in [2.05, 4.69) is 18.6 Å². The number of hydrogen-bond donors (Lipinski definition) is 1. The van der Waals surface area contributed by atoms with Gasteiger partial charge in [-0.25, -0.2) is 8.42 Å². The predicted octanol–water partition coefficient (Wildman–Crippen LogP) is 4.22. The van der Waals surface area contributed by atoms with Gasteiger partial charge in [-0.15, -0.1) is 0 Å². The average Bonchev–Trinajstić information content (AvgIpc) is 2.66. The lowest BCUT2D eigenvalue weighted by Crippen LogP contribution is -2.42. The number of amides is 1. The smallest absolute Gasteiger partial charge is 0.255 e. The van der Waals surface area contributed by atoms with E-state index in [0.29, 0.717) is 23.1 Å². The van der Waals surface area contributed by atoms with Crippen LogP contribution in [-0.4, -0.2) is 32.3 Å². The van der Waals surface area contributed by atoms with Crippen molar-refractivity contribution >= 4 is 27.7 Å². The van der Waals surface area contributed by atoms with Crippen LogP contribution in [0.3, 0.4) is 0 Å². The van der Waals surface area contributed by atoms with Gasteiger partial charge in [-0.3, -0.25) is 9.52 Å². The molecule has 1 amide bonds. The standard InChI is InChI=1S/C22H26N2O3S/c1-17-14-18(2)16-24(15-17)22(25)20-8-10-21(11-9-20)23-28(26,27)13-12-19-6-4-3-5-7-19/h3-13,17-18,23H,14-16H2,1-2H3/b13-12+. The Labute approximate surface area is 167 Å². The molecule has 0 bridgehead atoms. The Hall–Kier alpha value is -2.60. The van der Waals surface area contributed by atoms with E-state index < -0.39 is 10.0 Å². The summed E-state index contributed by atoms with van der Waals surface area (Å²) in [5.74, 6) is 0.988. The Morgan fingerprint density at radius 2 is 1.61 bits per heavy atom. The van der Waals surface area contributed by atoms with Crippen LogP contribution in [0.1, 0.15) is 36.2 Å². The molecule has 1 fully saturated rings. The highest BCUT2D eigenvalue weighted by molar-refractivity contribution is 7.95. The van der Waals surface area contributed by atoms with Gasteiger partial charge in [-0.2, -0.15) is 0 Å². The first kappa shape index (κ1) is 20.1. The number of anilines is 1. The van der Waals surface area contributed by atoms with Crippen LogP contribution in [0, 0.1) is 11.8 Å². The molecule has 2 aromatic rings. The number of piperidine rings is 1. The van der Waals surface area contributed by atoms with Crippen LogP contribution in [0.2, 0.25) is 0 Å². The summed E-state index contributed by atoms with van der Waals surface area (Å²) in [6.45, 7) is 5.86. The molecule has 28 heavy (non-hydrogen) atoms. The fourth-order valence-electron chi connectivity index (χ4n) is 3.62. The molecule has 3 rings (SSSR count). The first-order valence-electron chi connectivity index (χ1n) is 9.48. The van der Waals surface area contributed by atoms with Crippen molar-refractivity contribution in [3.63, 3.8) is 0 Å². The van der Waals surface area contributed by atoms with Crippen LogP contribution >= 0.6 is 0 Å². The molecule has 0 radical (unpaired) electrons.